The molecule has 0 fully saturated rings. The summed E-state index contributed by atoms with van der Waals surface area (Å²) in [6.45, 7) is 0.143. The highest BCUT2D eigenvalue weighted by atomic mass is 19.4. The zero-order valence-electron chi connectivity index (χ0n) is 9.86. The smallest absolute Gasteiger partial charge is 0.398 e. The second kappa shape index (κ2) is 4.88. The molecule has 0 saturated heterocycles. The summed E-state index contributed by atoms with van der Waals surface area (Å²) in [6.07, 6.45) is -4.44. The fourth-order valence-corrected chi connectivity index (χ4v) is 1.48. The van der Waals surface area contributed by atoms with Crippen LogP contribution in [0.2, 0.25) is 0 Å². The van der Waals surface area contributed by atoms with Crippen LogP contribution < -0.4 is 5.73 Å². The van der Waals surface area contributed by atoms with Gasteiger partial charge < -0.3 is 15.0 Å². The minimum Gasteiger partial charge on any atom is -0.398 e. The van der Waals surface area contributed by atoms with Crippen LogP contribution in [-0.2, 0) is 17.5 Å². The molecule has 2 N–H and O–H groups in total. The van der Waals surface area contributed by atoms with Crippen LogP contribution in [0.1, 0.15) is 11.4 Å². The van der Waals surface area contributed by atoms with Crippen molar-refractivity contribution in [1.29, 1.82) is 0 Å². The van der Waals surface area contributed by atoms with Crippen molar-refractivity contribution < 1.29 is 22.4 Å². The monoisotopic (exact) mass is 273 g/mol. The Balaban J connectivity index is 2.35. The predicted molar refractivity (Wildman–Crippen MR) is 59.9 cm³/mol. The predicted octanol–water partition coefficient (Wildman–Crippen LogP) is 2.48. The summed E-state index contributed by atoms with van der Waals surface area (Å²) in [5.74, 6) is 0.343. The number of ether oxygens (including phenoxy) is 1. The highest BCUT2D eigenvalue weighted by molar-refractivity contribution is 5.71. The number of methoxy groups -OCH3 is 1. The molecule has 8 heteroatoms. The van der Waals surface area contributed by atoms with Gasteiger partial charge >= 0.3 is 6.18 Å². The first-order chi connectivity index (χ1) is 8.91. The third-order valence-corrected chi connectivity index (χ3v) is 2.35. The molecule has 0 amide bonds. The number of benzene rings is 1. The second-order valence-corrected chi connectivity index (χ2v) is 3.75. The van der Waals surface area contributed by atoms with E-state index < -0.39 is 11.7 Å². The fourth-order valence-electron chi connectivity index (χ4n) is 1.48. The Hall–Kier alpha value is -2.09. The number of nitrogens with zero attached hydrogens (tertiary/aromatic N) is 2. The van der Waals surface area contributed by atoms with Gasteiger partial charge in [0.05, 0.1) is 11.1 Å². The van der Waals surface area contributed by atoms with Crippen molar-refractivity contribution in [1.82, 2.24) is 10.1 Å². The van der Waals surface area contributed by atoms with Gasteiger partial charge in [-0.15, -0.1) is 0 Å². The molecule has 5 nitrogen and oxygen atoms in total. The van der Waals surface area contributed by atoms with Gasteiger partial charge in [0, 0.05) is 12.8 Å². The van der Waals surface area contributed by atoms with Crippen LogP contribution in [0.4, 0.5) is 18.9 Å². The summed E-state index contributed by atoms with van der Waals surface area (Å²) in [6, 6.07) is 2.93. The van der Waals surface area contributed by atoms with Gasteiger partial charge in [-0.3, -0.25) is 0 Å². The molecule has 1 heterocycles. The molecule has 0 atom stereocenters. The lowest BCUT2D eigenvalue weighted by Crippen LogP contribution is -2.06. The number of alkyl halides is 3. The first-order valence-electron chi connectivity index (χ1n) is 5.20. The van der Waals surface area contributed by atoms with Crippen molar-refractivity contribution in [3.63, 3.8) is 0 Å². The lowest BCUT2D eigenvalue weighted by atomic mass is 10.1. The van der Waals surface area contributed by atoms with E-state index in [-0.39, 0.29) is 29.6 Å². The van der Waals surface area contributed by atoms with Gasteiger partial charge in [0.25, 0.3) is 5.89 Å². The molecule has 0 aliphatic carbocycles. The van der Waals surface area contributed by atoms with Crippen LogP contribution in [0.15, 0.2) is 22.7 Å². The summed E-state index contributed by atoms with van der Waals surface area (Å²) in [5.41, 5.74) is 4.92. The third kappa shape index (κ3) is 2.84. The van der Waals surface area contributed by atoms with Crippen LogP contribution in [0, 0.1) is 0 Å². The topological polar surface area (TPSA) is 74.2 Å². The van der Waals surface area contributed by atoms with Crippen LogP contribution in [-0.4, -0.2) is 17.3 Å². The Morgan fingerprint density at radius 3 is 2.68 bits per heavy atom. The lowest BCUT2D eigenvalue weighted by molar-refractivity contribution is -0.137. The van der Waals surface area contributed by atoms with Crippen molar-refractivity contribution in [2.75, 3.05) is 12.8 Å². The molecule has 102 valence electrons. The van der Waals surface area contributed by atoms with Crippen LogP contribution in [0.3, 0.4) is 0 Å². The second-order valence-electron chi connectivity index (χ2n) is 3.75. The maximum Gasteiger partial charge on any atom is 0.416 e. The van der Waals surface area contributed by atoms with E-state index in [0.29, 0.717) is 0 Å². The quantitative estimate of drug-likeness (QED) is 0.869. The minimum absolute atomic E-state index is 0.0540. The van der Waals surface area contributed by atoms with Gasteiger partial charge in [0.15, 0.2) is 5.82 Å². The molecular weight excluding hydrogens is 263 g/mol. The fraction of sp³-hybridized carbons (Fsp3) is 0.273. The van der Waals surface area contributed by atoms with Crippen molar-refractivity contribution >= 4 is 5.69 Å². The molecule has 0 radical (unpaired) electrons. The molecule has 2 rings (SSSR count). The molecular formula is C11H10F3N3O2. The van der Waals surface area contributed by atoms with E-state index in [4.69, 9.17) is 15.0 Å². The van der Waals surface area contributed by atoms with Gasteiger partial charge in [-0.25, -0.2) is 0 Å². The molecule has 1 aromatic heterocycles. The highest BCUT2D eigenvalue weighted by Crippen LogP contribution is 2.34. The van der Waals surface area contributed by atoms with E-state index in [1.165, 1.54) is 13.2 Å². The van der Waals surface area contributed by atoms with E-state index >= 15 is 0 Å². The molecule has 19 heavy (non-hydrogen) atoms. The summed E-state index contributed by atoms with van der Waals surface area (Å²) >= 11 is 0. The van der Waals surface area contributed by atoms with Gasteiger partial charge in [-0.05, 0) is 18.2 Å². The number of anilines is 1. The SMILES string of the molecule is COCc1noc(-c2ccc(C(F)(F)F)cc2N)n1. The summed E-state index contributed by atoms with van der Waals surface area (Å²) in [4.78, 5) is 3.96. The first kappa shape index (κ1) is 13.3. The van der Waals surface area contributed by atoms with Gasteiger partial charge in [0.2, 0.25) is 0 Å². The van der Waals surface area contributed by atoms with Crippen molar-refractivity contribution in [2.24, 2.45) is 0 Å². The Morgan fingerprint density at radius 2 is 2.11 bits per heavy atom. The van der Waals surface area contributed by atoms with Gasteiger partial charge in [-0.2, -0.15) is 18.2 Å². The van der Waals surface area contributed by atoms with Crippen molar-refractivity contribution in [3.05, 3.63) is 29.6 Å². The van der Waals surface area contributed by atoms with Gasteiger partial charge in [-0.1, -0.05) is 5.16 Å². The van der Waals surface area contributed by atoms with Crippen molar-refractivity contribution in [3.8, 4) is 11.5 Å². The number of hydrogen-bond donors (Lipinski definition) is 1. The number of rotatable bonds is 3. The zero-order valence-corrected chi connectivity index (χ0v) is 9.86. The molecule has 2 aromatic rings. The van der Waals surface area contributed by atoms with Gasteiger partial charge in [0.1, 0.15) is 6.61 Å². The van der Waals surface area contributed by atoms with E-state index in [1.807, 2.05) is 0 Å². The van der Waals surface area contributed by atoms with E-state index in [0.717, 1.165) is 12.1 Å². The van der Waals surface area contributed by atoms with E-state index in [1.54, 1.807) is 0 Å². The maximum atomic E-state index is 12.5. The van der Waals surface area contributed by atoms with Crippen LogP contribution in [0.5, 0.6) is 0 Å². The normalized spacial score (nSPS) is 11.8. The summed E-state index contributed by atoms with van der Waals surface area (Å²) in [7, 11) is 1.46. The Bertz CT molecular complexity index is 581. The molecule has 0 bridgehead atoms. The van der Waals surface area contributed by atoms with E-state index in [9.17, 15) is 13.2 Å². The zero-order chi connectivity index (χ0) is 14.0. The molecule has 0 aliphatic heterocycles. The average molecular weight is 273 g/mol. The Labute approximate surface area is 106 Å². The molecule has 0 spiro atoms. The standard InChI is InChI=1S/C11H10F3N3O2/c1-18-5-9-16-10(19-17-9)7-3-2-6(4-8(7)15)11(12,13)14/h2-4H,5,15H2,1H3. The molecule has 0 saturated carbocycles. The lowest BCUT2D eigenvalue weighted by Gasteiger charge is -2.08. The largest absolute Gasteiger partial charge is 0.416 e. The number of nitrogen functional groups attached to an aromatic ring is 1. The molecule has 0 unspecified atom stereocenters. The Kier molecular flexibility index (Phi) is 3.43. The number of nitrogens with two attached hydrogens (primary N) is 1. The number of halogens is 3. The third-order valence-electron chi connectivity index (χ3n) is 2.35. The van der Waals surface area contributed by atoms with Crippen molar-refractivity contribution in [2.45, 2.75) is 12.8 Å². The number of hydrogen-bond acceptors (Lipinski definition) is 5. The summed E-state index contributed by atoms with van der Waals surface area (Å²) < 4.78 is 47.2. The first-order valence-corrected chi connectivity index (χ1v) is 5.20. The molecule has 1 aromatic carbocycles. The Morgan fingerprint density at radius 1 is 1.37 bits per heavy atom. The minimum atomic E-state index is -4.44. The number of aromatic nitrogens is 2. The summed E-state index contributed by atoms with van der Waals surface area (Å²) in [5, 5.41) is 3.61. The maximum absolute atomic E-state index is 12.5. The van der Waals surface area contributed by atoms with E-state index in [2.05, 4.69) is 10.1 Å². The highest BCUT2D eigenvalue weighted by Gasteiger charge is 2.31. The molecule has 0 aliphatic rings. The average Bonchev–Trinajstić information content (AvgIpc) is 2.76. The van der Waals surface area contributed by atoms with Crippen LogP contribution >= 0.6 is 0 Å². The van der Waals surface area contributed by atoms with Crippen LogP contribution in [0.25, 0.3) is 11.5 Å².